The maximum absolute atomic E-state index is 5.58. The molecule has 0 spiro atoms. The zero-order valence-electron chi connectivity index (χ0n) is 10.9. The molecule has 0 bridgehead atoms. The van der Waals surface area contributed by atoms with Crippen LogP contribution in [0.3, 0.4) is 0 Å². The zero-order valence-corrected chi connectivity index (χ0v) is 10.9. The summed E-state index contributed by atoms with van der Waals surface area (Å²) in [6, 6.07) is 4.86. The van der Waals surface area contributed by atoms with E-state index in [9.17, 15) is 0 Å². The lowest BCUT2D eigenvalue weighted by Crippen LogP contribution is -2.16. The van der Waals surface area contributed by atoms with E-state index in [1.165, 1.54) is 24.1 Å². The van der Waals surface area contributed by atoms with E-state index in [-0.39, 0.29) is 0 Å². The Labute approximate surface area is 107 Å². The van der Waals surface area contributed by atoms with Crippen LogP contribution >= 0.6 is 0 Å². The molecule has 2 aromatic rings. The summed E-state index contributed by atoms with van der Waals surface area (Å²) in [5.41, 5.74) is 3.47. The minimum absolute atomic E-state index is 0.717. The lowest BCUT2D eigenvalue weighted by Gasteiger charge is -2.06. The Kier molecular flexibility index (Phi) is 2.96. The van der Waals surface area contributed by atoms with Gasteiger partial charge in [-0.2, -0.15) is 5.10 Å². The third-order valence-corrected chi connectivity index (χ3v) is 3.39. The molecular weight excluding hydrogens is 226 g/mol. The molecular formula is C14H19N3O. The second kappa shape index (κ2) is 4.61. The molecule has 2 heterocycles. The molecule has 4 heteroatoms. The monoisotopic (exact) mass is 245 g/mol. The fraction of sp³-hybridized carbons (Fsp3) is 0.500. The van der Waals surface area contributed by atoms with E-state index in [2.05, 4.69) is 29.5 Å². The molecule has 1 aliphatic carbocycles. The van der Waals surface area contributed by atoms with Gasteiger partial charge in [0.05, 0.1) is 18.5 Å². The average molecular weight is 245 g/mol. The van der Waals surface area contributed by atoms with Crippen molar-refractivity contribution in [3.8, 4) is 0 Å². The van der Waals surface area contributed by atoms with Gasteiger partial charge in [0.2, 0.25) is 0 Å². The van der Waals surface area contributed by atoms with Gasteiger partial charge in [-0.25, -0.2) is 0 Å². The minimum atomic E-state index is 0.717. The molecule has 0 aliphatic heterocycles. The van der Waals surface area contributed by atoms with Gasteiger partial charge >= 0.3 is 0 Å². The first-order valence-corrected chi connectivity index (χ1v) is 6.52. The Hall–Kier alpha value is -1.55. The van der Waals surface area contributed by atoms with Gasteiger partial charge in [-0.15, -0.1) is 0 Å². The van der Waals surface area contributed by atoms with Gasteiger partial charge in [-0.05, 0) is 38.8 Å². The second-order valence-electron chi connectivity index (χ2n) is 5.11. The largest absolute Gasteiger partial charge is 0.467 e. The highest BCUT2D eigenvalue weighted by atomic mass is 16.3. The Bertz CT molecular complexity index is 537. The predicted octanol–water partition coefficient (Wildman–Crippen LogP) is 2.39. The molecule has 1 fully saturated rings. The molecule has 3 rings (SSSR count). The maximum atomic E-state index is 5.58. The molecule has 1 N–H and O–H groups in total. The smallest absolute Gasteiger partial charge is 0.129 e. The Morgan fingerprint density at radius 1 is 1.44 bits per heavy atom. The highest BCUT2D eigenvalue weighted by Gasteiger charge is 2.21. The third-order valence-electron chi connectivity index (χ3n) is 3.39. The molecule has 0 atom stereocenters. The molecule has 96 valence electrons. The predicted molar refractivity (Wildman–Crippen MR) is 69.4 cm³/mol. The van der Waals surface area contributed by atoms with Gasteiger partial charge in [-0.3, -0.25) is 4.68 Å². The number of hydrogen-bond acceptors (Lipinski definition) is 3. The van der Waals surface area contributed by atoms with Crippen LogP contribution in [-0.4, -0.2) is 15.8 Å². The van der Waals surface area contributed by atoms with E-state index in [1.54, 1.807) is 6.26 Å². The van der Waals surface area contributed by atoms with E-state index < -0.39 is 0 Å². The van der Waals surface area contributed by atoms with Crippen LogP contribution in [-0.2, 0) is 13.1 Å². The first-order valence-electron chi connectivity index (χ1n) is 6.52. The molecule has 18 heavy (non-hydrogen) atoms. The molecule has 1 aliphatic rings. The molecule has 2 aromatic heterocycles. The van der Waals surface area contributed by atoms with Crippen molar-refractivity contribution in [2.24, 2.45) is 0 Å². The van der Waals surface area contributed by atoms with Crippen molar-refractivity contribution in [2.45, 2.75) is 45.8 Å². The number of nitrogens with zero attached hydrogens (tertiary/aromatic N) is 2. The van der Waals surface area contributed by atoms with Crippen LogP contribution < -0.4 is 5.32 Å². The van der Waals surface area contributed by atoms with Crippen LogP contribution in [0.5, 0.6) is 0 Å². The van der Waals surface area contributed by atoms with Gasteiger partial charge in [0.1, 0.15) is 5.76 Å². The Morgan fingerprint density at radius 2 is 2.28 bits per heavy atom. The highest BCUT2D eigenvalue weighted by molar-refractivity contribution is 5.18. The number of aryl methyl sites for hydroxylation is 2. The van der Waals surface area contributed by atoms with E-state index in [0.29, 0.717) is 6.54 Å². The molecule has 0 amide bonds. The van der Waals surface area contributed by atoms with Crippen molar-refractivity contribution in [1.82, 2.24) is 15.1 Å². The summed E-state index contributed by atoms with van der Waals surface area (Å²) >= 11 is 0. The first-order chi connectivity index (χ1) is 8.72. The number of rotatable bonds is 5. The number of furan rings is 1. The highest BCUT2D eigenvalue weighted by Crippen LogP contribution is 2.20. The number of nitrogens with one attached hydrogen (secondary N) is 1. The summed E-state index contributed by atoms with van der Waals surface area (Å²) in [6.45, 7) is 5.70. The van der Waals surface area contributed by atoms with Crippen molar-refractivity contribution in [3.63, 3.8) is 0 Å². The van der Waals surface area contributed by atoms with Crippen molar-refractivity contribution in [1.29, 1.82) is 0 Å². The van der Waals surface area contributed by atoms with Gasteiger partial charge < -0.3 is 9.73 Å². The van der Waals surface area contributed by atoms with E-state index >= 15 is 0 Å². The zero-order chi connectivity index (χ0) is 12.5. The average Bonchev–Trinajstić information content (AvgIpc) is 2.97. The van der Waals surface area contributed by atoms with E-state index in [1.807, 2.05) is 11.6 Å². The Morgan fingerprint density at radius 3 is 2.94 bits per heavy atom. The van der Waals surface area contributed by atoms with Crippen LogP contribution in [0.4, 0.5) is 0 Å². The third kappa shape index (κ3) is 2.48. The van der Waals surface area contributed by atoms with E-state index in [0.717, 1.165) is 24.0 Å². The topological polar surface area (TPSA) is 43.0 Å². The molecule has 4 nitrogen and oxygen atoms in total. The second-order valence-corrected chi connectivity index (χ2v) is 5.11. The van der Waals surface area contributed by atoms with Crippen LogP contribution in [0.25, 0.3) is 0 Å². The minimum Gasteiger partial charge on any atom is -0.467 e. The van der Waals surface area contributed by atoms with Crippen molar-refractivity contribution < 1.29 is 4.42 Å². The van der Waals surface area contributed by atoms with Gasteiger partial charge in [0.15, 0.2) is 0 Å². The SMILES string of the molecule is Cc1cc(C)n(Cc2occc2CNC2CC2)n1. The van der Waals surface area contributed by atoms with Crippen LogP contribution in [0.1, 0.15) is 35.6 Å². The van der Waals surface area contributed by atoms with Gasteiger partial charge in [-0.1, -0.05) is 0 Å². The summed E-state index contributed by atoms with van der Waals surface area (Å²) in [6.07, 6.45) is 4.39. The first kappa shape index (κ1) is 11.5. The maximum Gasteiger partial charge on any atom is 0.129 e. The molecule has 0 saturated heterocycles. The summed E-state index contributed by atoms with van der Waals surface area (Å²) < 4.78 is 7.58. The Balaban J connectivity index is 1.71. The molecule has 1 saturated carbocycles. The molecule has 0 unspecified atom stereocenters. The summed E-state index contributed by atoms with van der Waals surface area (Å²) in [7, 11) is 0. The summed E-state index contributed by atoms with van der Waals surface area (Å²) in [5, 5.41) is 7.99. The quantitative estimate of drug-likeness (QED) is 0.879. The fourth-order valence-electron chi connectivity index (χ4n) is 2.18. The molecule has 0 aromatic carbocycles. The summed E-state index contributed by atoms with van der Waals surface area (Å²) in [4.78, 5) is 0. The molecule has 0 radical (unpaired) electrons. The van der Waals surface area contributed by atoms with Crippen molar-refractivity contribution in [3.05, 3.63) is 41.1 Å². The van der Waals surface area contributed by atoms with Gasteiger partial charge in [0.25, 0.3) is 0 Å². The van der Waals surface area contributed by atoms with Gasteiger partial charge in [0, 0.05) is 23.8 Å². The lowest BCUT2D eigenvalue weighted by atomic mass is 10.2. The van der Waals surface area contributed by atoms with Crippen molar-refractivity contribution in [2.75, 3.05) is 0 Å². The van der Waals surface area contributed by atoms with Crippen LogP contribution in [0, 0.1) is 13.8 Å². The van der Waals surface area contributed by atoms with Crippen LogP contribution in [0.2, 0.25) is 0 Å². The lowest BCUT2D eigenvalue weighted by molar-refractivity contribution is 0.468. The number of hydrogen-bond donors (Lipinski definition) is 1. The van der Waals surface area contributed by atoms with E-state index in [4.69, 9.17) is 4.42 Å². The van der Waals surface area contributed by atoms with Crippen LogP contribution in [0.15, 0.2) is 22.8 Å². The standard InChI is InChI=1S/C14H19N3O/c1-10-7-11(2)17(16-10)9-14-12(5-6-18-14)8-15-13-3-4-13/h5-7,13,15H,3-4,8-9H2,1-2H3. The fourth-order valence-corrected chi connectivity index (χ4v) is 2.18. The van der Waals surface area contributed by atoms with Crippen molar-refractivity contribution >= 4 is 0 Å². The summed E-state index contributed by atoms with van der Waals surface area (Å²) in [5.74, 6) is 1.01. The number of aromatic nitrogens is 2. The normalized spacial score (nSPS) is 15.2.